The first kappa shape index (κ1) is 13.5. The maximum Gasteiger partial charge on any atom is 0.106 e. The van der Waals surface area contributed by atoms with Crippen LogP contribution in [-0.2, 0) is 0 Å². The minimum Gasteiger partial charge on any atom is -0.381 e. The van der Waals surface area contributed by atoms with Crippen LogP contribution in [0.3, 0.4) is 0 Å². The van der Waals surface area contributed by atoms with Crippen LogP contribution in [0.4, 0.5) is 5.69 Å². The van der Waals surface area contributed by atoms with Gasteiger partial charge < -0.3 is 5.32 Å². The van der Waals surface area contributed by atoms with Gasteiger partial charge in [0.1, 0.15) is 4.60 Å². The lowest BCUT2D eigenvalue weighted by Crippen LogP contribution is -2.16. The van der Waals surface area contributed by atoms with Crippen LogP contribution >= 0.6 is 15.9 Å². The maximum atomic E-state index is 4.38. The largest absolute Gasteiger partial charge is 0.381 e. The lowest BCUT2D eigenvalue weighted by Gasteiger charge is -2.17. The molecule has 1 heterocycles. The highest BCUT2D eigenvalue weighted by Gasteiger charge is 2.06. The highest BCUT2D eigenvalue weighted by Crippen LogP contribution is 2.18. The molecule has 0 aliphatic carbocycles. The van der Waals surface area contributed by atoms with Crippen molar-refractivity contribution in [2.75, 3.05) is 5.32 Å². The lowest BCUT2D eigenvalue weighted by molar-refractivity contribution is 0.527. The van der Waals surface area contributed by atoms with Gasteiger partial charge in [0, 0.05) is 6.04 Å². The van der Waals surface area contributed by atoms with E-state index in [0.29, 0.717) is 6.04 Å². The van der Waals surface area contributed by atoms with Crippen LogP contribution in [0, 0.1) is 12.8 Å². The third-order valence-corrected chi connectivity index (χ3v) is 3.07. The monoisotopic (exact) mass is 284 g/mol. The average molecular weight is 285 g/mol. The van der Waals surface area contributed by atoms with Crippen LogP contribution in [0.5, 0.6) is 0 Å². The van der Waals surface area contributed by atoms with E-state index in [9.17, 15) is 0 Å². The van der Waals surface area contributed by atoms with Crippen LogP contribution in [0.25, 0.3) is 0 Å². The lowest BCUT2D eigenvalue weighted by atomic mass is 10.0. The normalized spacial score (nSPS) is 12.9. The van der Waals surface area contributed by atoms with Crippen molar-refractivity contribution in [3.8, 4) is 0 Å². The molecular formula is C13H21BrN2. The van der Waals surface area contributed by atoms with Crippen molar-refractivity contribution in [2.24, 2.45) is 5.92 Å². The molecule has 16 heavy (non-hydrogen) atoms. The first-order chi connectivity index (χ1) is 7.49. The Morgan fingerprint density at radius 2 is 1.94 bits per heavy atom. The number of aromatic nitrogens is 1. The molecule has 0 radical (unpaired) electrons. The Morgan fingerprint density at radius 1 is 1.25 bits per heavy atom. The van der Waals surface area contributed by atoms with Gasteiger partial charge in [-0.15, -0.1) is 0 Å². The third kappa shape index (κ3) is 4.52. The molecule has 0 fully saturated rings. The Bertz CT molecular complexity index is 337. The highest BCUT2D eigenvalue weighted by atomic mass is 79.9. The molecule has 3 heteroatoms. The van der Waals surface area contributed by atoms with Gasteiger partial charge in [0.2, 0.25) is 0 Å². The molecule has 0 saturated carbocycles. The van der Waals surface area contributed by atoms with Gasteiger partial charge in [-0.3, -0.25) is 0 Å². The van der Waals surface area contributed by atoms with Crippen molar-refractivity contribution in [1.29, 1.82) is 0 Å². The van der Waals surface area contributed by atoms with Crippen LogP contribution < -0.4 is 5.32 Å². The fourth-order valence-electron chi connectivity index (χ4n) is 1.60. The number of nitrogens with one attached hydrogen (secondary N) is 1. The quantitative estimate of drug-likeness (QED) is 0.812. The summed E-state index contributed by atoms with van der Waals surface area (Å²) in [6.07, 6.45) is 2.46. The van der Waals surface area contributed by atoms with E-state index in [1.54, 1.807) is 0 Å². The number of halogens is 1. The topological polar surface area (TPSA) is 24.9 Å². The minimum absolute atomic E-state index is 0.504. The Balaban J connectivity index is 2.52. The van der Waals surface area contributed by atoms with E-state index in [1.807, 2.05) is 13.0 Å². The summed E-state index contributed by atoms with van der Waals surface area (Å²) in [4.78, 5) is 4.38. The van der Waals surface area contributed by atoms with Gasteiger partial charge in [-0.25, -0.2) is 4.98 Å². The summed E-state index contributed by atoms with van der Waals surface area (Å²) in [6.45, 7) is 8.78. The first-order valence-corrected chi connectivity index (χ1v) is 6.68. The number of hydrogen-bond acceptors (Lipinski definition) is 2. The van der Waals surface area contributed by atoms with Gasteiger partial charge in [-0.1, -0.05) is 13.8 Å². The molecule has 1 aromatic heterocycles. The SMILES string of the molecule is Cc1nc(Br)ccc1NC(C)CCC(C)C. The fraction of sp³-hybridized carbons (Fsp3) is 0.615. The van der Waals surface area contributed by atoms with Crippen molar-refractivity contribution in [2.45, 2.75) is 46.6 Å². The first-order valence-electron chi connectivity index (χ1n) is 5.88. The number of aryl methyl sites for hydroxylation is 1. The molecule has 90 valence electrons. The van der Waals surface area contributed by atoms with E-state index in [4.69, 9.17) is 0 Å². The average Bonchev–Trinajstić information content (AvgIpc) is 2.19. The van der Waals surface area contributed by atoms with E-state index >= 15 is 0 Å². The Labute approximate surface area is 107 Å². The maximum absolute atomic E-state index is 4.38. The van der Waals surface area contributed by atoms with Gasteiger partial charge in [-0.05, 0) is 60.7 Å². The summed E-state index contributed by atoms with van der Waals surface area (Å²) in [5.74, 6) is 0.772. The number of nitrogens with zero attached hydrogens (tertiary/aromatic N) is 1. The van der Waals surface area contributed by atoms with Crippen LogP contribution in [0.1, 0.15) is 39.3 Å². The van der Waals surface area contributed by atoms with Gasteiger partial charge in [0.15, 0.2) is 0 Å². The standard InChI is InChI=1S/C13H21BrN2/c1-9(2)5-6-10(3)15-12-7-8-13(14)16-11(12)4/h7-10,15H,5-6H2,1-4H3. The molecule has 1 unspecified atom stereocenters. The van der Waals surface area contributed by atoms with Crippen molar-refractivity contribution in [3.05, 3.63) is 22.4 Å². The van der Waals surface area contributed by atoms with Gasteiger partial charge in [0.25, 0.3) is 0 Å². The number of anilines is 1. The molecule has 0 spiro atoms. The highest BCUT2D eigenvalue weighted by molar-refractivity contribution is 9.10. The molecule has 0 bridgehead atoms. The van der Waals surface area contributed by atoms with Crippen molar-refractivity contribution < 1.29 is 0 Å². The van der Waals surface area contributed by atoms with Gasteiger partial charge >= 0.3 is 0 Å². The summed E-state index contributed by atoms with van der Waals surface area (Å²) in [7, 11) is 0. The zero-order valence-corrected chi connectivity index (χ0v) is 12.1. The predicted octanol–water partition coefficient (Wildman–Crippen LogP) is 4.39. The molecule has 0 saturated heterocycles. The summed E-state index contributed by atoms with van der Waals surface area (Å²) in [6, 6.07) is 4.56. The second-order valence-electron chi connectivity index (χ2n) is 4.78. The summed E-state index contributed by atoms with van der Waals surface area (Å²) < 4.78 is 0.894. The molecule has 0 aliphatic heterocycles. The summed E-state index contributed by atoms with van der Waals surface area (Å²) >= 11 is 3.37. The Hall–Kier alpha value is -0.570. The minimum atomic E-state index is 0.504. The zero-order valence-electron chi connectivity index (χ0n) is 10.5. The van der Waals surface area contributed by atoms with Crippen molar-refractivity contribution in [1.82, 2.24) is 4.98 Å². The van der Waals surface area contributed by atoms with Gasteiger partial charge in [-0.2, -0.15) is 0 Å². The van der Waals surface area contributed by atoms with Crippen molar-refractivity contribution in [3.63, 3.8) is 0 Å². The zero-order chi connectivity index (χ0) is 12.1. The molecule has 1 N–H and O–H groups in total. The van der Waals surface area contributed by atoms with E-state index in [0.717, 1.165) is 21.9 Å². The van der Waals surface area contributed by atoms with E-state index in [2.05, 4.69) is 53.1 Å². The molecule has 1 rings (SSSR count). The number of rotatable bonds is 5. The van der Waals surface area contributed by atoms with Crippen molar-refractivity contribution >= 4 is 21.6 Å². The second-order valence-corrected chi connectivity index (χ2v) is 5.60. The van der Waals surface area contributed by atoms with E-state index in [1.165, 1.54) is 12.8 Å². The number of hydrogen-bond donors (Lipinski definition) is 1. The Kier molecular flexibility index (Phi) is 5.26. The molecule has 0 aliphatic rings. The third-order valence-electron chi connectivity index (χ3n) is 2.63. The summed E-state index contributed by atoms with van der Waals surface area (Å²) in [5, 5.41) is 3.51. The van der Waals surface area contributed by atoms with E-state index < -0.39 is 0 Å². The summed E-state index contributed by atoms with van der Waals surface area (Å²) in [5.41, 5.74) is 2.19. The van der Waals surface area contributed by atoms with Gasteiger partial charge in [0.05, 0.1) is 11.4 Å². The fourth-order valence-corrected chi connectivity index (χ4v) is 2.00. The number of pyridine rings is 1. The molecule has 0 aromatic carbocycles. The molecule has 2 nitrogen and oxygen atoms in total. The molecule has 0 amide bonds. The molecular weight excluding hydrogens is 264 g/mol. The van der Waals surface area contributed by atoms with E-state index in [-0.39, 0.29) is 0 Å². The van der Waals surface area contributed by atoms with Crippen LogP contribution in [-0.4, -0.2) is 11.0 Å². The molecule has 1 aromatic rings. The smallest absolute Gasteiger partial charge is 0.106 e. The predicted molar refractivity (Wildman–Crippen MR) is 73.8 cm³/mol. The second kappa shape index (κ2) is 6.24. The van der Waals surface area contributed by atoms with Crippen LogP contribution in [0.2, 0.25) is 0 Å². The molecule has 1 atom stereocenters. The van der Waals surface area contributed by atoms with Crippen LogP contribution in [0.15, 0.2) is 16.7 Å². The Morgan fingerprint density at radius 3 is 2.50 bits per heavy atom.